The highest BCUT2D eigenvalue weighted by Gasteiger charge is 2.72. The standard InChI is InChI=1S/C29H34Cl2FN3O3/c1-16(15-27(2,3)38)33-25(36)24-22(18-8-7-9-20(31)23(18)32)29(28(35-24)12-5-4-6-13-28)19-11-10-17(30)14-21(19)34-26(29)37/h7-11,14,16,22,24,35,38H,4-6,12-13,15H2,1-3H3,(H,33,36)(H,34,37)/t16?,22-,24+,29+/m0/s1. The number of anilines is 1. The van der Waals surface area contributed by atoms with Crippen LogP contribution in [0.2, 0.25) is 10.0 Å². The molecule has 1 unspecified atom stereocenters. The first kappa shape index (κ1) is 27.4. The zero-order chi connectivity index (χ0) is 27.5. The third kappa shape index (κ3) is 4.32. The van der Waals surface area contributed by atoms with E-state index in [-0.39, 0.29) is 28.4 Å². The molecule has 1 saturated carbocycles. The van der Waals surface area contributed by atoms with Crippen molar-refractivity contribution in [1.29, 1.82) is 0 Å². The minimum atomic E-state index is -1.26. The van der Waals surface area contributed by atoms with E-state index in [0.29, 0.717) is 35.5 Å². The number of carbonyl (C=O) groups is 2. The average Bonchev–Trinajstić information content (AvgIpc) is 3.27. The molecule has 1 saturated heterocycles. The first-order valence-electron chi connectivity index (χ1n) is 13.3. The van der Waals surface area contributed by atoms with Crippen LogP contribution < -0.4 is 16.0 Å². The van der Waals surface area contributed by atoms with Gasteiger partial charge in [-0.25, -0.2) is 4.39 Å². The van der Waals surface area contributed by atoms with Crippen LogP contribution in [0.25, 0.3) is 0 Å². The number of nitrogens with one attached hydrogen (secondary N) is 3. The maximum Gasteiger partial charge on any atom is 0.238 e. The Bertz CT molecular complexity index is 1270. The molecule has 0 bridgehead atoms. The number of hydrogen-bond donors (Lipinski definition) is 4. The van der Waals surface area contributed by atoms with Crippen molar-refractivity contribution in [2.24, 2.45) is 0 Å². The zero-order valence-corrected chi connectivity index (χ0v) is 23.3. The fraction of sp³-hybridized carbons (Fsp3) is 0.517. The second kappa shape index (κ2) is 9.77. The van der Waals surface area contributed by atoms with Crippen molar-refractivity contribution in [2.45, 2.75) is 93.9 Å². The molecule has 2 amide bonds. The second-order valence-electron chi connectivity index (χ2n) is 11.8. The first-order chi connectivity index (χ1) is 17.9. The molecule has 9 heteroatoms. The number of benzene rings is 2. The summed E-state index contributed by atoms with van der Waals surface area (Å²) in [5.74, 6) is -2.13. The summed E-state index contributed by atoms with van der Waals surface area (Å²) in [6, 6.07) is 8.76. The van der Waals surface area contributed by atoms with Crippen molar-refractivity contribution in [2.75, 3.05) is 5.32 Å². The zero-order valence-electron chi connectivity index (χ0n) is 21.8. The summed E-state index contributed by atoms with van der Waals surface area (Å²) in [4.78, 5) is 28.3. The van der Waals surface area contributed by atoms with Gasteiger partial charge < -0.3 is 15.7 Å². The van der Waals surface area contributed by atoms with Crippen molar-refractivity contribution < 1.29 is 19.1 Å². The van der Waals surface area contributed by atoms with Crippen molar-refractivity contribution in [1.82, 2.24) is 10.6 Å². The van der Waals surface area contributed by atoms with Crippen LogP contribution in [0.15, 0.2) is 36.4 Å². The lowest BCUT2D eigenvalue weighted by Gasteiger charge is -2.47. The molecule has 6 nitrogen and oxygen atoms in total. The van der Waals surface area contributed by atoms with Crippen LogP contribution in [-0.4, -0.2) is 40.1 Å². The number of fused-ring (bicyclic) bond motifs is 3. The minimum absolute atomic E-state index is 0.0634. The number of carbonyl (C=O) groups excluding carboxylic acids is 2. The maximum absolute atomic E-state index is 15.9. The Morgan fingerprint density at radius 1 is 1.21 bits per heavy atom. The molecule has 0 radical (unpaired) electrons. The van der Waals surface area contributed by atoms with Gasteiger partial charge in [0, 0.05) is 28.2 Å². The van der Waals surface area contributed by atoms with Gasteiger partial charge in [-0.3, -0.25) is 14.9 Å². The third-order valence-corrected chi connectivity index (χ3v) is 9.03. The van der Waals surface area contributed by atoms with Crippen LogP contribution in [0.1, 0.15) is 76.3 Å². The van der Waals surface area contributed by atoms with Crippen molar-refractivity contribution in [3.8, 4) is 0 Å². The van der Waals surface area contributed by atoms with E-state index in [4.69, 9.17) is 23.2 Å². The molecule has 2 heterocycles. The molecular formula is C29H34Cl2FN3O3. The molecule has 5 rings (SSSR count). The summed E-state index contributed by atoms with van der Waals surface area (Å²) in [5.41, 5.74) is -1.51. The molecule has 2 fully saturated rings. The Kier molecular flexibility index (Phi) is 7.04. The largest absolute Gasteiger partial charge is 0.390 e. The number of rotatable bonds is 5. The van der Waals surface area contributed by atoms with E-state index in [1.54, 1.807) is 38.1 Å². The highest BCUT2D eigenvalue weighted by atomic mass is 35.5. The number of amides is 2. The van der Waals surface area contributed by atoms with Gasteiger partial charge in [-0.1, -0.05) is 60.7 Å². The Morgan fingerprint density at radius 3 is 2.61 bits per heavy atom. The fourth-order valence-electron chi connectivity index (χ4n) is 7.35. The number of hydrogen-bond acceptors (Lipinski definition) is 4. The van der Waals surface area contributed by atoms with E-state index in [0.717, 1.165) is 19.3 Å². The van der Waals surface area contributed by atoms with Gasteiger partial charge in [0.15, 0.2) is 0 Å². The molecule has 2 aliphatic heterocycles. The predicted octanol–water partition coefficient (Wildman–Crippen LogP) is 5.45. The number of aliphatic hydroxyl groups is 1. The van der Waals surface area contributed by atoms with Gasteiger partial charge in [-0.05, 0) is 69.4 Å². The minimum Gasteiger partial charge on any atom is -0.390 e. The lowest BCUT2D eigenvalue weighted by atomic mass is 9.55. The van der Waals surface area contributed by atoms with Crippen molar-refractivity contribution in [3.05, 3.63) is 63.4 Å². The smallest absolute Gasteiger partial charge is 0.238 e. The summed E-state index contributed by atoms with van der Waals surface area (Å²) in [6.07, 6.45) is 4.41. The van der Waals surface area contributed by atoms with Gasteiger partial charge in [0.25, 0.3) is 0 Å². The van der Waals surface area contributed by atoms with E-state index >= 15 is 4.39 Å². The van der Waals surface area contributed by atoms with E-state index in [9.17, 15) is 14.7 Å². The molecule has 2 spiro atoms. The topological polar surface area (TPSA) is 90.5 Å². The molecule has 2 aromatic carbocycles. The molecule has 4 N–H and O–H groups in total. The van der Waals surface area contributed by atoms with Gasteiger partial charge >= 0.3 is 0 Å². The van der Waals surface area contributed by atoms with Crippen LogP contribution in [0.3, 0.4) is 0 Å². The monoisotopic (exact) mass is 561 g/mol. The lowest BCUT2D eigenvalue weighted by Crippen LogP contribution is -2.60. The third-order valence-electron chi connectivity index (χ3n) is 8.50. The van der Waals surface area contributed by atoms with Crippen molar-refractivity contribution in [3.63, 3.8) is 0 Å². The highest BCUT2D eigenvalue weighted by Crippen LogP contribution is 2.62. The molecule has 38 heavy (non-hydrogen) atoms. The van der Waals surface area contributed by atoms with Gasteiger partial charge in [0.1, 0.15) is 11.2 Å². The van der Waals surface area contributed by atoms with Crippen LogP contribution in [0.5, 0.6) is 0 Å². The van der Waals surface area contributed by atoms with E-state index in [1.807, 2.05) is 13.0 Å². The van der Waals surface area contributed by atoms with E-state index in [1.165, 1.54) is 6.07 Å². The molecule has 3 aliphatic rings. The Hall–Kier alpha value is -2.19. The summed E-state index contributed by atoms with van der Waals surface area (Å²) in [7, 11) is 0. The van der Waals surface area contributed by atoms with Crippen LogP contribution in [-0.2, 0) is 15.0 Å². The SMILES string of the molecule is CC(CC(C)(C)O)NC(=O)[C@@H]1NC2(CCCCC2)[C@@]2(C(=O)Nc3cc(Cl)ccc32)[C@H]1c1cccc(Cl)c1F. The lowest BCUT2D eigenvalue weighted by molar-refractivity contribution is -0.124. The number of halogens is 3. The Morgan fingerprint density at radius 2 is 1.92 bits per heavy atom. The highest BCUT2D eigenvalue weighted by molar-refractivity contribution is 6.31. The van der Waals surface area contributed by atoms with Crippen LogP contribution in [0, 0.1) is 5.82 Å². The molecule has 1 aliphatic carbocycles. The molecule has 4 atom stereocenters. The average molecular weight is 563 g/mol. The second-order valence-corrected chi connectivity index (χ2v) is 12.6. The Labute approximate surface area is 232 Å². The molecular weight excluding hydrogens is 528 g/mol. The molecule has 2 aromatic rings. The fourth-order valence-corrected chi connectivity index (χ4v) is 7.70. The summed E-state index contributed by atoms with van der Waals surface area (Å²) >= 11 is 12.6. The van der Waals surface area contributed by atoms with Gasteiger partial charge in [0.2, 0.25) is 11.8 Å². The summed E-state index contributed by atoms with van der Waals surface area (Å²) in [5, 5.41) is 20.4. The van der Waals surface area contributed by atoms with Gasteiger partial charge in [-0.2, -0.15) is 0 Å². The Balaban J connectivity index is 1.72. The summed E-state index contributed by atoms with van der Waals surface area (Å²) in [6.45, 7) is 5.20. The quantitative estimate of drug-likeness (QED) is 0.391. The molecule has 0 aromatic heterocycles. The normalized spacial score (nSPS) is 26.9. The first-order valence-corrected chi connectivity index (χ1v) is 14.0. The van der Waals surface area contributed by atoms with E-state index in [2.05, 4.69) is 16.0 Å². The van der Waals surface area contributed by atoms with Crippen LogP contribution in [0.4, 0.5) is 10.1 Å². The summed E-state index contributed by atoms with van der Waals surface area (Å²) < 4.78 is 15.9. The molecule has 204 valence electrons. The predicted molar refractivity (Wildman–Crippen MR) is 147 cm³/mol. The van der Waals surface area contributed by atoms with Crippen LogP contribution >= 0.6 is 23.2 Å². The van der Waals surface area contributed by atoms with Crippen molar-refractivity contribution >= 4 is 40.7 Å². The maximum atomic E-state index is 15.9. The van der Waals surface area contributed by atoms with Gasteiger partial charge in [-0.15, -0.1) is 0 Å². The van der Waals surface area contributed by atoms with E-state index < -0.39 is 34.3 Å². The van der Waals surface area contributed by atoms with Gasteiger partial charge in [0.05, 0.1) is 16.7 Å².